The van der Waals surface area contributed by atoms with E-state index in [1.165, 1.54) is 12.1 Å². The third-order valence-corrected chi connectivity index (χ3v) is 5.24. The topological polar surface area (TPSA) is 243 Å². The summed E-state index contributed by atoms with van der Waals surface area (Å²) in [6.45, 7) is 0.239. The molecule has 2 aromatic heterocycles. The van der Waals surface area contributed by atoms with Crippen molar-refractivity contribution in [2.24, 2.45) is 5.73 Å². The number of carbonyl (C=O) groups is 3. The van der Waals surface area contributed by atoms with Crippen LogP contribution in [-0.2, 0) is 16.1 Å². The Hall–Kier alpha value is -4.79. The monoisotopic (exact) mass is 499 g/mol. The molecule has 3 rings (SSSR count). The molecular weight excluding hydrogens is 474 g/mol. The van der Waals surface area contributed by atoms with E-state index < -0.39 is 41.9 Å². The van der Waals surface area contributed by atoms with Crippen molar-refractivity contribution in [2.45, 2.75) is 25.0 Å². The largest absolute Gasteiger partial charge is 0.480 e. The van der Waals surface area contributed by atoms with Gasteiger partial charge in [-0.25, -0.2) is 14.8 Å². The lowest BCUT2D eigenvalue weighted by Crippen LogP contribution is -2.46. The summed E-state index contributed by atoms with van der Waals surface area (Å²) in [7, 11) is 3.41. The molecule has 1 amide bonds. The Morgan fingerprint density at radius 1 is 1.11 bits per heavy atom. The molecule has 15 heteroatoms. The number of aliphatic carboxylic acids is 2. The average Bonchev–Trinajstić information content (AvgIpc) is 2.83. The minimum Gasteiger partial charge on any atom is -0.480 e. The van der Waals surface area contributed by atoms with Gasteiger partial charge in [-0.15, -0.1) is 0 Å². The van der Waals surface area contributed by atoms with Crippen LogP contribution in [0.25, 0.3) is 11.2 Å². The molecule has 9 N–H and O–H groups in total. The number of nitrogens with zero attached hydrogens (tertiary/aromatic N) is 4. The molecule has 2 atom stereocenters. The third-order valence-electron chi connectivity index (χ3n) is 5.24. The number of amides is 1. The fraction of sp³-hybridized carbons (Fsp3) is 0.286. The van der Waals surface area contributed by atoms with Crippen LogP contribution in [0.15, 0.2) is 29.1 Å². The van der Waals surface area contributed by atoms with E-state index in [1.807, 2.05) is 0 Å². The molecular formula is C21H25N9O6. The molecule has 0 radical (unpaired) electrons. The number of carboxylic acids is 2. The first-order valence-electron chi connectivity index (χ1n) is 10.6. The summed E-state index contributed by atoms with van der Waals surface area (Å²) in [6, 6.07) is 3.34. The second-order valence-corrected chi connectivity index (χ2v) is 7.84. The average molecular weight is 499 g/mol. The van der Waals surface area contributed by atoms with Gasteiger partial charge >= 0.3 is 11.9 Å². The van der Waals surface area contributed by atoms with Gasteiger partial charge in [0.05, 0.1) is 6.54 Å². The second kappa shape index (κ2) is 10.6. The maximum Gasteiger partial charge on any atom is 0.326 e. The van der Waals surface area contributed by atoms with E-state index in [0.717, 1.165) is 0 Å². The minimum atomic E-state index is -1.47. The zero-order valence-corrected chi connectivity index (χ0v) is 19.3. The van der Waals surface area contributed by atoms with Crippen LogP contribution >= 0.6 is 0 Å². The van der Waals surface area contributed by atoms with Crippen molar-refractivity contribution in [2.75, 3.05) is 30.0 Å². The van der Waals surface area contributed by atoms with Crippen LogP contribution in [0.2, 0.25) is 0 Å². The van der Waals surface area contributed by atoms with Crippen LogP contribution in [0.3, 0.4) is 0 Å². The first-order chi connectivity index (χ1) is 17.0. The molecule has 3 aromatic rings. The summed E-state index contributed by atoms with van der Waals surface area (Å²) in [5, 5.41) is 23.4. The minimum absolute atomic E-state index is 0.0363. The fourth-order valence-corrected chi connectivity index (χ4v) is 3.32. The molecule has 0 saturated heterocycles. The number of nitrogens with two attached hydrogens (primary N) is 2. The van der Waals surface area contributed by atoms with E-state index in [2.05, 4.69) is 30.6 Å². The molecule has 36 heavy (non-hydrogen) atoms. The van der Waals surface area contributed by atoms with Crippen molar-refractivity contribution >= 4 is 46.5 Å². The fourth-order valence-electron chi connectivity index (χ4n) is 3.32. The van der Waals surface area contributed by atoms with Gasteiger partial charge in [0.1, 0.15) is 17.8 Å². The molecule has 0 aliphatic heterocycles. The molecule has 0 bridgehead atoms. The number of anilines is 3. The Morgan fingerprint density at radius 2 is 1.78 bits per heavy atom. The van der Waals surface area contributed by atoms with E-state index in [4.69, 9.17) is 16.6 Å². The van der Waals surface area contributed by atoms with E-state index in [1.54, 1.807) is 31.1 Å². The number of rotatable bonds is 10. The van der Waals surface area contributed by atoms with Gasteiger partial charge in [-0.1, -0.05) is 0 Å². The molecule has 0 spiro atoms. The van der Waals surface area contributed by atoms with Gasteiger partial charge in [-0.2, -0.15) is 4.98 Å². The van der Waals surface area contributed by atoms with E-state index in [9.17, 15) is 24.3 Å². The summed E-state index contributed by atoms with van der Waals surface area (Å²) < 4.78 is 0. The quantitative estimate of drug-likeness (QED) is 0.176. The van der Waals surface area contributed by atoms with Gasteiger partial charge in [-0.3, -0.25) is 19.4 Å². The number of carboxylic acid groups (broad SMARTS) is 2. The number of aromatic nitrogens is 4. The number of aromatic amines is 1. The van der Waals surface area contributed by atoms with Crippen molar-refractivity contribution in [3.8, 4) is 0 Å². The SMILES string of the molecule is CNc1nc2nc(N)[nH]c(=O)c2nc1CN(C)c1ccc(C(=O)N[C@@H](CC(N)C(=O)O)C(=O)O)cc1. The van der Waals surface area contributed by atoms with Crippen molar-refractivity contribution in [1.29, 1.82) is 0 Å². The molecule has 0 aliphatic rings. The van der Waals surface area contributed by atoms with Crippen LogP contribution < -0.4 is 32.6 Å². The predicted octanol–water partition coefficient (Wildman–Crippen LogP) is -1.04. The summed E-state index contributed by atoms with van der Waals surface area (Å²) in [6.07, 6.45) is -0.469. The van der Waals surface area contributed by atoms with Gasteiger partial charge in [-0.05, 0) is 24.3 Å². The molecule has 0 aliphatic carbocycles. The van der Waals surface area contributed by atoms with E-state index >= 15 is 0 Å². The van der Waals surface area contributed by atoms with Gasteiger partial charge in [0.25, 0.3) is 11.5 Å². The van der Waals surface area contributed by atoms with Crippen LogP contribution in [0.1, 0.15) is 22.5 Å². The Labute approximate surface area is 203 Å². The smallest absolute Gasteiger partial charge is 0.326 e. The standard InChI is InChI=1S/C21H25N9O6/c1-24-15-13(25-14-16(27-15)28-21(23)29-18(14)32)8-30(2)10-5-3-9(4-6-10)17(31)26-12(20(35)36)7-11(22)19(33)34/h3-6,11-12H,7-8,22H2,1-2H3,(H,26,31)(H,33,34)(H,35,36)(H4,23,24,27,28,29,32)/t11?,12-/m0/s1. The lowest BCUT2D eigenvalue weighted by molar-refractivity contribution is -0.141. The highest BCUT2D eigenvalue weighted by Gasteiger charge is 2.26. The lowest BCUT2D eigenvalue weighted by Gasteiger charge is -2.21. The Balaban J connectivity index is 1.76. The summed E-state index contributed by atoms with van der Waals surface area (Å²) in [5.41, 5.74) is 11.9. The second-order valence-electron chi connectivity index (χ2n) is 7.84. The molecule has 2 heterocycles. The molecule has 0 fully saturated rings. The number of carbonyl (C=O) groups excluding carboxylic acids is 1. The van der Waals surface area contributed by atoms with Crippen LogP contribution in [0, 0.1) is 0 Å². The summed E-state index contributed by atoms with van der Waals surface area (Å²) >= 11 is 0. The number of nitrogens with one attached hydrogen (secondary N) is 3. The van der Waals surface area contributed by atoms with Gasteiger partial charge in [0.2, 0.25) is 5.95 Å². The molecule has 1 aromatic carbocycles. The zero-order valence-electron chi connectivity index (χ0n) is 19.3. The number of hydrogen-bond donors (Lipinski definition) is 7. The highest BCUT2D eigenvalue weighted by molar-refractivity contribution is 5.97. The first kappa shape index (κ1) is 25.8. The molecule has 0 saturated carbocycles. The Bertz CT molecular complexity index is 1360. The van der Waals surface area contributed by atoms with Crippen molar-refractivity contribution in [3.05, 3.63) is 45.9 Å². The van der Waals surface area contributed by atoms with Crippen LogP contribution in [0.4, 0.5) is 17.5 Å². The maximum absolute atomic E-state index is 12.5. The van der Waals surface area contributed by atoms with Crippen molar-refractivity contribution in [1.82, 2.24) is 25.3 Å². The van der Waals surface area contributed by atoms with Crippen molar-refractivity contribution < 1.29 is 24.6 Å². The Kier molecular flexibility index (Phi) is 7.64. The predicted molar refractivity (Wildman–Crippen MR) is 130 cm³/mol. The zero-order chi connectivity index (χ0) is 26.6. The van der Waals surface area contributed by atoms with E-state index in [-0.39, 0.29) is 29.2 Å². The lowest BCUT2D eigenvalue weighted by atomic mass is 10.1. The summed E-state index contributed by atoms with van der Waals surface area (Å²) in [5.74, 6) is -3.13. The van der Waals surface area contributed by atoms with Gasteiger partial charge in [0, 0.05) is 31.8 Å². The summed E-state index contributed by atoms with van der Waals surface area (Å²) in [4.78, 5) is 63.9. The van der Waals surface area contributed by atoms with Gasteiger partial charge in [0.15, 0.2) is 17.0 Å². The van der Waals surface area contributed by atoms with Gasteiger partial charge < -0.3 is 37.2 Å². The molecule has 190 valence electrons. The normalized spacial score (nSPS) is 12.5. The van der Waals surface area contributed by atoms with Crippen LogP contribution in [0.5, 0.6) is 0 Å². The van der Waals surface area contributed by atoms with Crippen molar-refractivity contribution in [3.63, 3.8) is 0 Å². The molecule has 1 unspecified atom stereocenters. The number of nitrogen functional groups attached to an aromatic ring is 1. The number of H-pyrrole nitrogens is 1. The highest BCUT2D eigenvalue weighted by Crippen LogP contribution is 2.20. The third kappa shape index (κ3) is 5.82. The Morgan fingerprint density at radius 3 is 2.36 bits per heavy atom. The van der Waals surface area contributed by atoms with E-state index in [0.29, 0.717) is 17.2 Å². The maximum atomic E-state index is 12.5. The highest BCUT2D eigenvalue weighted by atomic mass is 16.4. The first-order valence-corrected chi connectivity index (χ1v) is 10.6. The number of benzene rings is 1. The van der Waals surface area contributed by atoms with Crippen LogP contribution in [-0.4, -0.2) is 74.2 Å². The molecule has 15 nitrogen and oxygen atoms in total. The number of hydrogen-bond acceptors (Lipinski definition) is 11. The number of fused-ring (bicyclic) bond motifs is 1.